The van der Waals surface area contributed by atoms with Crippen LogP contribution in [0.2, 0.25) is 0 Å². The molecular weight excluding hydrogens is 426 g/mol. The van der Waals surface area contributed by atoms with Gasteiger partial charge < -0.3 is 25.8 Å². The number of carboxylic acid groups (broad SMARTS) is 1. The number of likely N-dealkylation sites (N-methyl/N-ethyl adjacent to an activating group) is 1. The monoisotopic (exact) mass is 457 g/mol. The van der Waals surface area contributed by atoms with Crippen LogP contribution >= 0.6 is 0 Å². The van der Waals surface area contributed by atoms with Gasteiger partial charge in [0.15, 0.2) is 5.78 Å². The van der Waals surface area contributed by atoms with Gasteiger partial charge in [0.25, 0.3) is 5.91 Å². The summed E-state index contributed by atoms with van der Waals surface area (Å²) >= 11 is 0. The number of nitrogens with one attached hydrogen (secondary N) is 1. The Bertz CT molecular complexity index is 944. The van der Waals surface area contributed by atoms with Crippen molar-refractivity contribution in [3.8, 4) is 5.75 Å². The first kappa shape index (κ1) is 27.3. The molecule has 0 bridgehead atoms. The van der Waals surface area contributed by atoms with Crippen molar-refractivity contribution in [3.05, 3.63) is 65.2 Å². The van der Waals surface area contributed by atoms with Gasteiger partial charge in [0.1, 0.15) is 5.75 Å². The molecule has 0 heterocycles. The van der Waals surface area contributed by atoms with E-state index in [-0.39, 0.29) is 36.2 Å². The predicted octanol–water partition coefficient (Wildman–Crippen LogP) is 2.21. The lowest BCUT2D eigenvalue weighted by molar-refractivity contribution is -0.137. The van der Waals surface area contributed by atoms with Crippen LogP contribution in [0.15, 0.2) is 48.5 Å². The molecule has 0 spiro atoms. The first-order chi connectivity index (χ1) is 15.6. The van der Waals surface area contributed by atoms with E-state index in [0.717, 1.165) is 0 Å². The maximum absolute atomic E-state index is 12.3. The van der Waals surface area contributed by atoms with Crippen LogP contribution in [0.3, 0.4) is 0 Å². The van der Waals surface area contributed by atoms with Crippen molar-refractivity contribution in [2.75, 3.05) is 33.8 Å². The Morgan fingerprint density at radius 1 is 1.03 bits per heavy atom. The summed E-state index contributed by atoms with van der Waals surface area (Å²) in [7, 11) is 3.80. The standard InChI is InChI=1S/C17H24N2O5.C7H7NO/c1-12(20)13-6-7-15(24-10-4-5-16(21)22)14(11-13)17(23)18-8-9-19(2)3;8-7(9)6-4-2-1-3-5-6/h6-7,11H,4-5,8-10H2,1-3H3,(H,18,23)(H,21,22);1-5H,(H2,8,9). The second-order valence-corrected chi connectivity index (χ2v) is 7.40. The maximum Gasteiger partial charge on any atom is 0.303 e. The van der Waals surface area contributed by atoms with Crippen LogP contribution in [0, 0.1) is 0 Å². The van der Waals surface area contributed by atoms with Crippen LogP contribution in [-0.2, 0) is 4.79 Å². The number of benzene rings is 2. The SMILES string of the molecule is CC(=O)c1ccc(OCCCC(=O)O)c(C(=O)NCCN(C)C)c1.NC(=O)c1ccccc1. The minimum atomic E-state index is -0.896. The third-order valence-corrected chi connectivity index (χ3v) is 4.33. The molecule has 0 aliphatic heterocycles. The number of hydrogen-bond donors (Lipinski definition) is 3. The van der Waals surface area contributed by atoms with E-state index in [1.807, 2.05) is 25.1 Å². The molecule has 2 amide bonds. The Morgan fingerprint density at radius 2 is 1.70 bits per heavy atom. The minimum Gasteiger partial charge on any atom is -0.493 e. The van der Waals surface area contributed by atoms with Gasteiger partial charge in [0.2, 0.25) is 5.91 Å². The normalized spacial score (nSPS) is 10.1. The van der Waals surface area contributed by atoms with Crippen LogP contribution in [0.4, 0.5) is 0 Å². The second kappa shape index (κ2) is 14.4. The van der Waals surface area contributed by atoms with Gasteiger partial charge >= 0.3 is 5.97 Å². The zero-order valence-corrected chi connectivity index (χ0v) is 19.2. The molecular formula is C24H31N3O6. The summed E-state index contributed by atoms with van der Waals surface area (Å²) in [6.07, 6.45) is 0.335. The largest absolute Gasteiger partial charge is 0.493 e. The highest BCUT2D eigenvalue weighted by molar-refractivity contribution is 6.01. The van der Waals surface area contributed by atoms with Gasteiger partial charge in [0, 0.05) is 30.6 Å². The summed E-state index contributed by atoms with van der Waals surface area (Å²) in [5.74, 6) is -1.40. The smallest absolute Gasteiger partial charge is 0.303 e. The number of carbonyl (C=O) groups excluding carboxylic acids is 3. The van der Waals surface area contributed by atoms with Gasteiger partial charge in [-0.2, -0.15) is 0 Å². The molecule has 178 valence electrons. The van der Waals surface area contributed by atoms with E-state index in [0.29, 0.717) is 36.4 Å². The van der Waals surface area contributed by atoms with Gasteiger partial charge in [-0.05, 0) is 57.8 Å². The highest BCUT2D eigenvalue weighted by atomic mass is 16.5. The number of carbonyl (C=O) groups is 4. The number of ketones is 1. The number of rotatable bonds is 11. The van der Waals surface area contributed by atoms with Crippen molar-refractivity contribution in [1.29, 1.82) is 0 Å². The van der Waals surface area contributed by atoms with Crippen molar-refractivity contribution in [3.63, 3.8) is 0 Å². The molecule has 9 heteroatoms. The van der Waals surface area contributed by atoms with Crippen LogP contribution < -0.4 is 15.8 Å². The summed E-state index contributed by atoms with van der Waals surface area (Å²) in [6.45, 7) is 2.77. The molecule has 0 radical (unpaired) electrons. The number of primary amides is 1. The molecule has 2 aromatic carbocycles. The van der Waals surface area contributed by atoms with Gasteiger partial charge in [-0.3, -0.25) is 19.2 Å². The fraction of sp³-hybridized carbons (Fsp3) is 0.333. The highest BCUT2D eigenvalue weighted by Gasteiger charge is 2.15. The van der Waals surface area contributed by atoms with E-state index in [9.17, 15) is 19.2 Å². The number of hydrogen-bond acceptors (Lipinski definition) is 6. The third-order valence-electron chi connectivity index (χ3n) is 4.33. The lowest BCUT2D eigenvalue weighted by Crippen LogP contribution is -2.31. The van der Waals surface area contributed by atoms with Crippen LogP contribution in [0.1, 0.15) is 50.8 Å². The molecule has 2 rings (SSSR count). The summed E-state index contributed by atoms with van der Waals surface area (Å²) in [4.78, 5) is 46.8. The van der Waals surface area contributed by atoms with E-state index < -0.39 is 5.97 Å². The summed E-state index contributed by atoms with van der Waals surface area (Å²) in [5.41, 5.74) is 6.22. The Labute approximate surface area is 193 Å². The molecule has 4 N–H and O–H groups in total. The van der Waals surface area contributed by atoms with Crippen molar-refractivity contribution in [2.45, 2.75) is 19.8 Å². The molecule has 0 fully saturated rings. The average molecular weight is 458 g/mol. The second-order valence-electron chi connectivity index (χ2n) is 7.40. The first-order valence-electron chi connectivity index (χ1n) is 10.4. The first-order valence-corrected chi connectivity index (χ1v) is 10.4. The van der Waals surface area contributed by atoms with Crippen molar-refractivity contribution < 1.29 is 29.0 Å². The molecule has 0 saturated carbocycles. The van der Waals surface area contributed by atoms with Gasteiger partial charge in [-0.25, -0.2) is 0 Å². The highest BCUT2D eigenvalue weighted by Crippen LogP contribution is 2.21. The topological polar surface area (TPSA) is 139 Å². The Morgan fingerprint density at radius 3 is 2.21 bits per heavy atom. The molecule has 0 aliphatic rings. The van der Waals surface area contributed by atoms with Gasteiger partial charge in [0.05, 0.1) is 12.2 Å². The Hall–Kier alpha value is -3.72. The number of nitrogens with zero attached hydrogens (tertiary/aromatic N) is 1. The molecule has 33 heavy (non-hydrogen) atoms. The number of Topliss-reactive ketones (excluding diaryl/α,β-unsaturated/α-hetero) is 1. The maximum atomic E-state index is 12.3. The van der Waals surface area contributed by atoms with Crippen molar-refractivity contribution >= 4 is 23.6 Å². The van der Waals surface area contributed by atoms with E-state index >= 15 is 0 Å². The predicted molar refractivity (Wildman–Crippen MR) is 125 cm³/mol. The van der Waals surface area contributed by atoms with E-state index in [1.54, 1.807) is 36.4 Å². The number of carboxylic acids is 1. The lowest BCUT2D eigenvalue weighted by Gasteiger charge is -2.14. The third kappa shape index (κ3) is 10.9. The summed E-state index contributed by atoms with van der Waals surface area (Å²) in [5, 5.41) is 11.4. The van der Waals surface area contributed by atoms with Crippen LogP contribution in [-0.4, -0.2) is 67.4 Å². The quantitative estimate of drug-likeness (QED) is 0.347. The van der Waals surface area contributed by atoms with Gasteiger partial charge in [-0.1, -0.05) is 18.2 Å². The molecule has 0 atom stereocenters. The van der Waals surface area contributed by atoms with Crippen molar-refractivity contribution in [2.24, 2.45) is 5.73 Å². The zero-order valence-electron chi connectivity index (χ0n) is 19.2. The van der Waals surface area contributed by atoms with E-state index in [2.05, 4.69) is 5.32 Å². The van der Waals surface area contributed by atoms with Crippen molar-refractivity contribution in [1.82, 2.24) is 10.2 Å². The van der Waals surface area contributed by atoms with E-state index in [1.165, 1.54) is 13.0 Å². The fourth-order valence-electron chi connectivity index (χ4n) is 2.55. The zero-order chi connectivity index (χ0) is 24.8. The molecule has 0 aromatic heterocycles. The molecule has 9 nitrogen and oxygen atoms in total. The number of aliphatic carboxylic acids is 1. The number of ether oxygens (including phenoxy) is 1. The van der Waals surface area contributed by atoms with Crippen LogP contribution in [0.5, 0.6) is 5.75 Å². The van der Waals surface area contributed by atoms with Crippen LogP contribution in [0.25, 0.3) is 0 Å². The minimum absolute atomic E-state index is 0.00407. The Balaban J connectivity index is 0.000000502. The molecule has 0 unspecified atom stereocenters. The average Bonchev–Trinajstić information content (AvgIpc) is 2.77. The number of nitrogens with two attached hydrogens (primary N) is 1. The Kier molecular flexibility index (Phi) is 11.9. The summed E-state index contributed by atoms with van der Waals surface area (Å²) < 4.78 is 5.52. The lowest BCUT2D eigenvalue weighted by atomic mass is 10.1. The number of amides is 2. The van der Waals surface area contributed by atoms with Gasteiger partial charge in [-0.15, -0.1) is 0 Å². The summed E-state index contributed by atoms with van der Waals surface area (Å²) in [6, 6.07) is 13.4. The molecule has 0 aliphatic carbocycles. The molecule has 2 aromatic rings. The fourth-order valence-corrected chi connectivity index (χ4v) is 2.55. The molecule has 0 saturated heterocycles. The van der Waals surface area contributed by atoms with E-state index in [4.69, 9.17) is 15.6 Å².